The fourth-order valence-corrected chi connectivity index (χ4v) is 4.34. The quantitative estimate of drug-likeness (QED) is 0.790. The van der Waals surface area contributed by atoms with Crippen LogP contribution in [-0.4, -0.2) is 85.2 Å². The van der Waals surface area contributed by atoms with Gasteiger partial charge in [0.2, 0.25) is 0 Å². The molecule has 0 aromatic heterocycles. The molecule has 1 aromatic rings. The molecule has 2 aliphatic heterocycles. The van der Waals surface area contributed by atoms with Gasteiger partial charge in [0, 0.05) is 32.2 Å². The number of carbonyl (C=O) groups is 1. The lowest BCUT2D eigenvalue weighted by atomic mass is 9.99. The Kier molecular flexibility index (Phi) is 7.60. The third-order valence-electron chi connectivity index (χ3n) is 6.16. The summed E-state index contributed by atoms with van der Waals surface area (Å²) in [6, 6.07) is 4.47. The molecule has 0 aliphatic carbocycles. The van der Waals surface area contributed by atoms with E-state index in [-0.39, 0.29) is 19.3 Å². The van der Waals surface area contributed by atoms with Gasteiger partial charge in [-0.25, -0.2) is 4.79 Å². The van der Waals surface area contributed by atoms with E-state index in [1.165, 1.54) is 5.56 Å². The number of hydrogen-bond acceptors (Lipinski definition) is 6. The molecule has 1 amide bonds. The number of β-amino-alcohol motifs (C(OH)–C–C–N with tert-alkyl or cyclic N) is 1. The lowest BCUT2D eigenvalue weighted by Crippen LogP contribution is -2.54. The van der Waals surface area contributed by atoms with Crippen LogP contribution in [0.3, 0.4) is 0 Å². The van der Waals surface area contributed by atoms with Crippen molar-refractivity contribution in [3.8, 4) is 5.75 Å². The highest BCUT2D eigenvalue weighted by Crippen LogP contribution is 2.26. The Morgan fingerprint density at radius 1 is 1.23 bits per heavy atom. The Morgan fingerprint density at radius 2 is 1.97 bits per heavy atom. The zero-order valence-electron chi connectivity index (χ0n) is 18.8. The molecule has 2 saturated heterocycles. The Hall–Kier alpha value is -1.83. The zero-order valence-corrected chi connectivity index (χ0v) is 18.8. The van der Waals surface area contributed by atoms with Crippen LogP contribution >= 0.6 is 0 Å². The first kappa shape index (κ1) is 22.8. The fourth-order valence-electron chi connectivity index (χ4n) is 4.34. The van der Waals surface area contributed by atoms with Crippen molar-refractivity contribution in [3.63, 3.8) is 0 Å². The second kappa shape index (κ2) is 9.98. The summed E-state index contributed by atoms with van der Waals surface area (Å²) >= 11 is 0. The SMILES string of the molecule is CCOC(=O)N1CCC(N2CCOC[C@@](O)(COc3cc(C)cc(C)c3C)C2)CC1. The van der Waals surface area contributed by atoms with Crippen LogP contribution in [0.15, 0.2) is 12.1 Å². The number of benzene rings is 1. The van der Waals surface area contributed by atoms with E-state index in [9.17, 15) is 9.90 Å². The van der Waals surface area contributed by atoms with Crippen molar-refractivity contribution < 1.29 is 24.1 Å². The normalized spacial score (nSPS) is 23.8. The molecule has 0 unspecified atom stereocenters. The van der Waals surface area contributed by atoms with Crippen LogP contribution in [0, 0.1) is 20.8 Å². The van der Waals surface area contributed by atoms with E-state index < -0.39 is 5.60 Å². The Morgan fingerprint density at radius 3 is 2.67 bits per heavy atom. The molecular weight excluding hydrogens is 384 g/mol. The van der Waals surface area contributed by atoms with Crippen molar-refractivity contribution in [2.45, 2.75) is 52.2 Å². The summed E-state index contributed by atoms with van der Waals surface area (Å²) < 4.78 is 16.9. The number of rotatable bonds is 5. The first-order valence-electron chi connectivity index (χ1n) is 11.0. The highest BCUT2D eigenvalue weighted by atomic mass is 16.6. The molecule has 2 heterocycles. The standard InChI is InChI=1S/C23H36N2O5/c1-5-29-22(26)24-8-6-20(7-9-24)25-10-11-28-15-23(27,14-25)16-30-21-13-17(2)12-18(3)19(21)4/h12-13,20,27H,5-11,14-16H2,1-4H3/t23-/m1/s1. The van der Waals surface area contributed by atoms with Crippen molar-refractivity contribution in [2.75, 3.05) is 52.6 Å². The van der Waals surface area contributed by atoms with E-state index in [2.05, 4.69) is 17.9 Å². The predicted octanol–water partition coefficient (Wildman–Crippen LogP) is 2.67. The van der Waals surface area contributed by atoms with Gasteiger partial charge >= 0.3 is 6.09 Å². The molecule has 0 saturated carbocycles. The molecule has 0 bridgehead atoms. The topological polar surface area (TPSA) is 71.5 Å². The van der Waals surface area contributed by atoms with Crippen molar-refractivity contribution in [3.05, 3.63) is 28.8 Å². The van der Waals surface area contributed by atoms with Crippen LogP contribution in [0.5, 0.6) is 5.75 Å². The maximum atomic E-state index is 11.9. The Bertz CT molecular complexity index is 733. The molecule has 7 nitrogen and oxygen atoms in total. The number of piperidine rings is 1. The molecule has 1 aromatic carbocycles. The van der Waals surface area contributed by atoms with Crippen molar-refractivity contribution in [1.82, 2.24) is 9.80 Å². The van der Waals surface area contributed by atoms with Gasteiger partial charge in [0.05, 0.1) is 19.8 Å². The van der Waals surface area contributed by atoms with Gasteiger partial charge in [-0.1, -0.05) is 6.07 Å². The monoisotopic (exact) mass is 420 g/mol. The summed E-state index contributed by atoms with van der Waals surface area (Å²) in [6.07, 6.45) is 1.50. The molecule has 1 atom stereocenters. The molecule has 3 rings (SSSR count). The minimum absolute atomic E-state index is 0.189. The van der Waals surface area contributed by atoms with Gasteiger partial charge in [0.1, 0.15) is 18.0 Å². The van der Waals surface area contributed by atoms with Crippen LogP contribution in [0.4, 0.5) is 4.79 Å². The van der Waals surface area contributed by atoms with Crippen LogP contribution in [0.2, 0.25) is 0 Å². The first-order valence-corrected chi connectivity index (χ1v) is 11.0. The minimum Gasteiger partial charge on any atom is -0.490 e. The van der Waals surface area contributed by atoms with Crippen LogP contribution < -0.4 is 4.74 Å². The molecule has 2 fully saturated rings. The summed E-state index contributed by atoms with van der Waals surface area (Å²) in [5, 5.41) is 11.3. The molecule has 1 N–H and O–H groups in total. The number of aryl methyl sites for hydroxylation is 2. The number of nitrogens with zero attached hydrogens (tertiary/aromatic N) is 2. The average Bonchev–Trinajstić information content (AvgIpc) is 2.92. The second-order valence-electron chi connectivity index (χ2n) is 8.66. The molecule has 30 heavy (non-hydrogen) atoms. The number of hydrogen-bond donors (Lipinski definition) is 1. The van der Waals surface area contributed by atoms with Gasteiger partial charge in [-0.15, -0.1) is 0 Å². The summed E-state index contributed by atoms with van der Waals surface area (Å²) in [5.41, 5.74) is 2.36. The van der Waals surface area contributed by atoms with Gasteiger partial charge < -0.3 is 24.2 Å². The number of amides is 1. The summed E-state index contributed by atoms with van der Waals surface area (Å²) in [7, 11) is 0. The largest absolute Gasteiger partial charge is 0.490 e. The Balaban J connectivity index is 1.60. The van der Waals surface area contributed by atoms with Gasteiger partial charge in [0.15, 0.2) is 0 Å². The number of likely N-dealkylation sites (tertiary alicyclic amines) is 1. The lowest BCUT2D eigenvalue weighted by Gasteiger charge is -2.40. The fraction of sp³-hybridized carbons (Fsp3) is 0.696. The Labute approximate surface area is 179 Å². The maximum absolute atomic E-state index is 11.9. The molecule has 168 valence electrons. The van der Waals surface area contributed by atoms with E-state index in [0.29, 0.717) is 38.9 Å². The highest BCUT2D eigenvalue weighted by Gasteiger charge is 2.37. The zero-order chi connectivity index (χ0) is 21.7. The molecule has 0 spiro atoms. The van der Waals surface area contributed by atoms with Gasteiger partial charge in [0.25, 0.3) is 0 Å². The molecule has 7 heteroatoms. The van der Waals surface area contributed by atoms with E-state index in [4.69, 9.17) is 14.2 Å². The molecule has 2 aliphatic rings. The lowest BCUT2D eigenvalue weighted by molar-refractivity contribution is -0.0689. The van der Waals surface area contributed by atoms with E-state index in [0.717, 1.165) is 36.3 Å². The molecular formula is C23H36N2O5. The summed E-state index contributed by atoms with van der Waals surface area (Å²) in [4.78, 5) is 16.0. The maximum Gasteiger partial charge on any atom is 0.409 e. The number of carbonyl (C=O) groups excluding carboxylic acids is 1. The van der Waals surface area contributed by atoms with Gasteiger partial charge in [-0.05, 0) is 63.3 Å². The van der Waals surface area contributed by atoms with Crippen molar-refractivity contribution in [2.24, 2.45) is 0 Å². The third-order valence-corrected chi connectivity index (χ3v) is 6.16. The van der Waals surface area contributed by atoms with Crippen LogP contribution in [-0.2, 0) is 9.47 Å². The average molecular weight is 421 g/mol. The second-order valence-corrected chi connectivity index (χ2v) is 8.66. The van der Waals surface area contributed by atoms with E-state index >= 15 is 0 Å². The summed E-state index contributed by atoms with van der Waals surface area (Å²) in [5.74, 6) is 0.819. The molecule has 0 radical (unpaired) electrons. The van der Waals surface area contributed by atoms with E-state index in [1.54, 1.807) is 4.90 Å². The summed E-state index contributed by atoms with van der Waals surface area (Å²) in [6.45, 7) is 12.1. The number of ether oxygens (including phenoxy) is 3. The van der Waals surface area contributed by atoms with Crippen LogP contribution in [0.25, 0.3) is 0 Å². The van der Waals surface area contributed by atoms with Gasteiger partial charge in [-0.3, -0.25) is 4.90 Å². The first-order chi connectivity index (χ1) is 14.3. The van der Waals surface area contributed by atoms with Gasteiger partial charge in [-0.2, -0.15) is 0 Å². The predicted molar refractivity (Wildman–Crippen MR) is 115 cm³/mol. The third kappa shape index (κ3) is 5.65. The number of aliphatic hydroxyl groups is 1. The van der Waals surface area contributed by atoms with Crippen molar-refractivity contribution in [1.29, 1.82) is 0 Å². The van der Waals surface area contributed by atoms with Crippen molar-refractivity contribution >= 4 is 6.09 Å². The highest BCUT2D eigenvalue weighted by molar-refractivity contribution is 5.67. The van der Waals surface area contributed by atoms with Crippen LogP contribution in [0.1, 0.15) is 36.5 Å². The van der Waals surface area contributed by atoms with E-state index in [1.807, 2.05) is 26.8 Å². The smallest absolute Gasteiger partial charge is 0.409 e. The minimum atomic E-state index is -1.07.